The molecule has 0 N–H and O–H groups in total. The van der Waals surface area contributed by atoms with Gasteiger partial charge >= 0.3 is 0 Å². The largest absolute Gasteiger partial charge is 0.0654 e. The normalized spacial score (nSPS) is 27.0. The van der Waals surface area contributed by atoms with Gasteiger partial charge < -0.3 is 0 Å². The summed E-state index contributed by atoms with van der Waals surface area (Å²) in [6.07, 6.45) is 19.6. The van der Waals surface area contributed by atoms with Gasteiger partial charge in [0.05, 0.1) is 0 Å². The molecule has 0 saturated heterocycles. The summed E-state index contributed by atoms with van der Waals surface area (Å²) in [5.41, 5.74) is 0.704. The van der Waals surface area contributed by atoms with Crippen LogP contribution in [0.4, 0.5) is 0 Å². The van der Waals surface area contributed by atoms with E-state index in [0.717, 1.165) is 11.8 Å². The summed E-state index contributed by atoms with van der Waals surface area (Å²) in [5, 5.41) is 0. The lowest BCUT2D eigenvalue weighted by Gasteiger charge is -2.46. The first-order valence-corrected chi connectivity index (χ1v) is 8.76. The van der Waals surface area contributed by atoms with Crippen LogP contribution < -0.4 is 0 Å². The van der Waals surface area contributed by atoms with Crippen molar-refractivity contribution in [3.05, 3.63) is 0 Å². The molecular weight excluding hydrogens is 216 g/mol. The molecule has 2 aliphatic carbocycles. The Morgan fingerprint density at radius 3 is 2.17 bits per heavy atom. The van der Waals surface area contributed by atoms with Gasteiger partial charge in [-0.05, 0) is 36.5 Å². The summed E-state index contributed by atoms with van der Waals surface area (Å²) in [4.78, 5) is 0. The smallest absolute Gasteiger partial charge is 0.0295 e. The minimum absolute atomic E-state index is 0.704. The van der Waals surface area contributed by atoms with Crippen LogP contribution in [-0.2, 0) is 0 Å². The van der Waals surface area contributed by atoms with E-state index >= 15 is 0 Å². The van der Waals surface area contributed by atoms with Gasteiger partial charge in [0.15, 0.2) is 0 Å². The summed E-state index contributed by atoms with van der Waals surface area (Å²) >= 11 is 0. The van der Waals surface area contributed by atoms with E-state index in [1.165, 1.54) is 70.6 Å². The summed E-state index contributed by atoms with van der Waals surface area (Å²) < 4.78 is 0. The Labute approximate surface area is 115 Å². The molecule has 1 unspecified atom stereocenters. The van der Waals surface area contributed by atoms with Crippen LogP contribution in [0.3, 0.4) is 0 Å². The number of hydrogen-bond donors (Lipinski definition) is 0. The van der Waals surface area contributed by atoms with Crippen molar-refractivity contribution in [1.29, 1.82) is 0 Å². The second-order valence-electron chi connectivity index (χ2n) is 7.36. The van der Waals surface area contributed by atoms with E-state index in [1.807, 2.05) is 0 Å². The average Bonchev–Trinajstić information content (AvgIpc) is 2.41. The molecule has 0 radical (unpaired) electrons. The molecule has 0 heterocycles. The zero-order valence-electron chi connectivity index (χ0n) is 12.8. The first kappa shape index (κ1) is 14.4. The Hall–Kier alpha value is 0. The number of rotatable bonds is 5. The van der Waals surface area contributed by atoms with E-state index in [4.69, 9.17) is 0 Å². The molecular formula is C18H34. The Bertz CT molecular complexity index is 218. The fourth-order valence-corrected chi connectivity index (χ4v) is 4.84. The third kappa shape index (κ3) is 3.52. The highest BCUT2D eigenvalue weighted by Gasteiger charge is 2.39. The second-order valence-corrected chi connectivity index (χ2v) is 7.36. The Kier molecular flexibility index (Phi) is 5.57. The van der Waals surface area contributed by atoms with Crippen LogP contribution >= 0.6 is 0 Å². The van der Waals surface area contributed by atoms with Crippen LogP contribution in [0, 0.1) is 17.3 Å². The number of unbranched alkanes of at least 4 members (excludes halogenated alkanes) is 1. The summed E-state index contributed by atoms with van der Waals surface area (Å²) in [7, 11) is 0. The van der Waals surface area contributed by atoms with Crippen LogP contribution in [0.2, 0.25) is 0 Å². The first-order valence-electron chi connectivity index (χ1n) is 8.76. The maximum Gasteiger partial charge on any atom is -0.0295 e. The molecule has 0 aromatic carbocycles. The standard InChI is InChI=1S/C18H34/c1-3-4-13-17(16-11-7-5-8-12-16)18(2)14-9-6-10-15-18/h16-17H,3-15H2,1-2H3. The van der Waals surface area contributed by atoms with Gasteiger partial charge in [-0.3, -0.25) is 0 Å². The third-order valence-corrected chi connectivity index (χ3v) is 5.98. The molecule has 2 rings (SSSR count). The molecule has 2 aliphatic rings. The molecule has 2 fully saturated rings. The highest BCUT2D eigenvalue weighted by Crippen LogP contribution is 2.50. The lowest BCUT2D eigenvalue weighted by Crippen LogP contribution is -2.36. The van der Waals surface area contributed by atoms with Gasteiger partial charge in [0.2, 0.25) is 0 Å². The van der Waals surface area contributed by atoms with Gasteiger partial charge in [-0.15, -0.1) is 0 Å². The van der Waals surface area contributed by atoms with Crippen LogP contribution in [0.1, 0.15) is 97.3 Å². The zero-order valence-corrected chi connectivity index (χ0v) is 12.8. The molecule has 0 nitrogen and oxygen atoms in total. The summed E-state index contributed by atoms with van der Waals surface area (Å²) in [6, 6.07) is 0. The fourth-order valence-electron chi connectivity index (χ4n) is 4.84. The van der Waals surface area contributed by atoms with Crippen molar-refractivity contribution >= 4 is 0 Å². The van der Waals surface area contributed by atoms with E-state index in [9.17, 15) is 0 Å². The van der Waals surface area contributed by atoms with Gasteiger partial charge in [-0.25, -0.2) is 0 Å². The van der Waals surface area contributed by atoms with E-state index in [2.05, 4.69) is 13.8 Å². The second kappa shape index (κ2) is 6.96. The van der Waals surface area contributed by atoms with Gasteiger partial charge in [0, 0.05) is 0 Å². The Balaban J connectivity index is 2.02. The van der Waals surface area contributed by atoms with Crippen LogP contribution in [0.15, 0.2) is 0 Å². The maximum atomic E-state index is 2.64. The lowest BCUT2D eigenvalue weighted by atomic mass is 9.59. The monoisotopic (exact) mass is 250 g/mol. The van der Waals surface area contributed by atoms with E-state index in [-0.39, 0.29) is 0 Å². The van der Waals surface area contributed by atoms with Crippen molar-refractivity contribution in [3.8, 4) is 0 Å². The van der Waals surface area contributed by atoms with Crippen molar-refractivity contribution in [1.82, 2.24) is 0 Å². The van der Waals surface area contributed by atoms with E-state index in [1.54, 1.807) is 12.8 Å². The molecule has 0 heteroatoms. The molecule has 106 valence electrons. The molecule has 0 bridgehead atoms. The highest BCUT2D eigenvalue weighted by atomic mass is 14.4. The SMILES string of the molecule is CCCCC(C1CCCCC1)C1(C)CCCCC1. The lowest BCUT2D eigenvalue weighted by molar-refractivity contribution is 0.0463. The fraction of sp³-hybridized carbons (Fsp3) is 1.00. The van der Waals surface area contributed by atoms with Crippen molar-refractivity contribution in [3.63, 3.8) is 0 Å². The molecule has 0 aliphatic heterocycles. The average molecular weight is 250 g/mol. The van der Waals surface area contributed by atoms with Crippen molar-refractivity contribution < 1.29 is 0 Å². The van der Waals surface area contributed by atoms with Gasteiger partial charge in [-0.2, -0.15) is 0 Å². The van der Waals surface area contributed by atoms with Crippen LogP contribution in [-0.4, -0.2) is 0 Å². The van der Waals surface area contributed by atoms with Crippen LogP contribution in [0.5, 0.6) is 0 Å². The minimum atomic E-state index is 0.704. The van der Waals surface area contributed by atoms with Crippen LogP contribution in [0.25, 0.3) is 0 Å². The van der Waals surface area contributed by atoms with Crippen molar-refractivity contribution in [2.75, 3.05) is 0 Å². The third-order valence-electron chi connectivity index (χ3n) is 5.98. The first-order chi connectivity index (χ1) is 8.76. The van der Waals surface area contributed by atoms with Gasteiger partial charge in [0.1, 0.15) is 0 Å². The highest BCUT2D eigenvalue weighted by molar-refractivity contribution is 4.89. The molecule has 2 saturated carbocycles. The summed E-state index contributed by atoms with van der Waals surface area (Å²) in [5.74, 6) is 2.13. The summed E-state index contributed by atoms with van der Waals surface area (Å²) in [6.45, 7) is 5.00. The van der Waals surface area contributed by atoms with E-state index < -0.39 is 0 Å². The van der Waals surface area contributed by atoms with Crippen molar-refractivity contribution in [2.24, 2.45) is 17.3 Å². The Morgan fingerprint density at radius 1 is 0.944 bits per heavy atom. The van der Waals surface area contributed by atoms with Crippen molar-refractivity contribution in [2.45, 2.75) is 97.3 Å². The topological polar surface area (TPSA) is 0 Å². The minimum Gasteiger partial charge on any atom is -0.0654 e. The van der Waals surface area contributed by atoms with Gasteiger partial charge in [-0.1, -0.05) is 78.1 Å². The maximum absolute atomic E-state index is 2.64. The predicted octanol–water partition coefficient (Wildman–Crippen LogP) is 6.34. The molecule has 18 heavy (non-hydrogen) atoms. The Morgan fingerprint density at radius 2 is 1.56 bits per heavy atom. The zero-order chi connectivity index (χ0) is 12.8. The predicted molar refractivity (Wildman–Crippen MR) is 80.8 cm³/mol. The van der Waals surface area contributed by atoms with E-state index in [0.29, 0.717) is 5.41 Å². The number of hydrogen-bond acceptors (Lipinski definition) is 0. The quantitative estimate of drug-likeness (QED) is 0.534. The molecule has 0 amide bonds. The molecule has 0 aromatic rings. The molecule has 0 spiro atoms. The van der Waals surface area contributed by atoms with Gasteiger partial charge in [0.25, 0.3) is 0 Å². The molecule has 1 atom stereocenters. The molecule has 0 aromatic heterocycles.